The van der Waals surface area contributed by atoms with E-state index in [1.807, 2.05) is 0 Å². The Labute approximate surface area is 139 Å². The second-order valence-electron chi connectivity index (χ2n) is 10.6. The van der Waals surface area contributed by atoms with Gasteiger partial charge in [-0.25, -0.2) is 0 Å². The van der Waals surface area contributed by atoms with E-state index < -0.39 is 0 Å². The van der Waals surface area contributed by atoms with E-state index in [0.717, 1.165) is 31.1 Å². The number of aliphatic hydroxyl groups excluding tert-OH is 3. The predicted molar refractivity (Wildman–Crippen MR) is 87.5 cm³/mol. The Kier molecular flexibility index (Phi) is 2.74. The van der Waals surface area contributed by atoms with Gasteiger partial charge in [0.15, 0.2) is 0 Å². The van der Waals surface area contributed by atoms with E-state index in [-0.39, 0.29) is 40.3 Å². The number of rotatable bonds is 2. The standard InChI is InChI=1S/C20H32O3/c1-17(10-21)4-3-5-18(2)15-6-12-13-7-19(15,8-14(23)16(17)18)9-20(12,13)11-22/h12-16,21-23H,3-11H2,1-2H3/t12-,13+,14-,15+,16-,17-,18+,19-,20+/m1/s1. The molecule has 0 unspecified atom stereocenters. The van der Waals surface area contributed by atoms with Crippen molar-refractivity contribution < 1.29 is 15.3 Å². The first-order valence-electron chi connectivity index (χ1n) is 9.75. The fourth-order valence-corrected chi connectivity index (χ4v) is 9.16. The second-order valence-corrected chi connectivity index (χ2v) is 10.6. The fraction of sp³-hybridized carbons (Fsp3) is 1.00. The van der Waals surface area contributed by atoms with Crippen LogP contribution < -0.4 is 0 Å². The van der Waals surface area contributed by atoms with Gasteiger partial charge in [-0.3, -0.25) is 0 Å². The first-order chi connectivity index (χ1) is 10.9. The van der Waals surface area contributed by atoms with Gasteiger partial charge in [-0.15, -0.1) is 0 Å². The molecule has 0 aromatic carbocycles. The lowest BCUT2D eigenvalue weighted by Gasteiger charge is -2.67. The molecule has 6 aliphatic rings. The molecule has 3 N–H and O–H groups in total. The molecule has 6 rings (SSSR count). The Hall–Kier alpha value is -0.120. The summed E-state index contributed by atoms with van der Waals surface area (Å²) in [7, 11) is 0. The van der Waals surface area contributed by atoms with Crippen LogP contribution >= 0.6 is 0 Å². The van der Waals surface area contributed by atoms with Crippen molar-refractivity contribution >= 4 is 0 Å². The molecule has 0 aliphatic heterocycles. The summed E-state index contributed by atoms with van der Waals surface area (Å²) in [4.78, 5) is 0. The van der Waals surface area contributed by atoms with Gasteiger partial charge < -0.3 is 15.3 Å². The van der Waals surface area contributed by atoms with Crippen LogP contribution in [0.5, 0.6) is 0 Å². The molecule has 130 valence electrons. The van der Waals surface area contributed by atoms with Crippen molar-refractivity contribution in [1.29, 1.82) is 0 Å². The second kappa shape index (κ2) is 4.16. The van der Waals surface area contributed by atoms with Crippen molar-refractivity contribution in [2.75, 3.05) is 13.2 Å². The molecule has 9 atom stereocenters. The Morgan fingerprint density at radius 2 is 1.78 bits per heavy atom. The van der Waals surface area contributed by atoms with Crippen LogP contribution in [0.15, 0.2) is 0 Å². The molecule has 4 bridgehead atoms. The zero-order chi connectivity index (χ0) is 16.3. The molecule has 0 saturated heterocycles. The lowest BCUT2D eigenvalue weighted by Crippen LogP contribution is -2.63. The minimum atomic E-state index is -0.279. The number of hydrogen-bond donors (Lipinski definition) is 3. The van der Waals surface area contributed by atoms with Crippen LogP contribution in [-0.4, -0.2) is 34.6 Å². The molecule has 3 nitrogen and oxygen atoms in total. The summed E-state index contributed by atoms with van der Waals surface area (Å²) in [5.74, 6) is 2.42. The molecule has 23 heavy (non-hydrogen) atoms. The Morgan fingerprint density at radius 1 is 1.00 bits per heavy atom. The highest BCUT2D eigenvalue weighted by Gasteiger charge is 2.80. The summed E-state index contributed by atoms with van der Waals surface area (Å²) < 4.78 is 0. The van der Waals surface area contributed by atoms with Gasteiger partial charge in [0, 0.05) is 18.6 Å². The van der Waals surface area contributed by atoms with E-state index in [2.05, 4.69) is 13.8 Å². The van der Waals surface area contributed by atoms with Crippen molar-refractivity contribution in [3.8, 4) is 0 Å². The molecule has 3 heteroatoms. The molecule has 0 aromatic rings. The van der Waals surface area contributed by atoms with Gasteiger partial charge in [-0.1, -0.05) is 20.3 Å². The normalized spacial score (nSPS) is 65.9. The van der Waals surface area contributed by atoms with Gasteiger partial charge in [-0.05, 0) is 78.4 Å². The number of hydrogen-bond acceptors (Lipinski definition) is 3. The van der Waals surface area contributed by atoms with Gasteiger partial charge in [0.05, 0.1) is 6.10 Å². The van der Waals surface area contributed by atoms with Crippen LogP contribution in [0.2, 0.25) is 0 Å². The van der Waals surface area contributed by atoms with E-state index in [1.165, 1.54) is 25.7 Å². The highest BCUT2D eigenvalue weighted by molar-refractivity contribution is 5.29. The van der Waals surface area contributed by atoms with E-state index in [0.29, 0.717) is 12.5 Å². The summed E-state index contributed by atoms with van der Waals surface area (Å²) in [6, 6.07) is 0. The van der Waals surface area contributed by atoms with Gasteiger partial charge in [-0.2, -0.15) is 0 Å². The number of fused-ring (bicyclic) bond motifs is 1. The zero-order valence-corrected chi connectivity index (χ0v) is 14.6. The molecule has 0 heterocycles. The lowest BCUT2D eigenvalue weighted by molar-refractivity contribution is -0.219. The first kappa shape index (κ1) is 15.2. The summed E-state index contributed by atoms with van der Waals surface area (Å²) in [5, 5.41) is 31.2. The van der Waals surface area contributed by atoms with Crippen molar-refractivity contribution in [2.45, 2.75) is 64.9 Å². The molecule has 1 spiro atoms. The van der Waals surface area contributed by atoms with Crippen molar-refractivity contribution in [2.24, 2.45) is 45.3 Å². The Bertz CT molecular complexity index is 549. The van der Waals surface area contributed by atoms with Crippen LogP contribution in [0, 0.1) is 45.3 Å². The third-order valence-corrected chi connectivity index (χ3v) is 9.77. The van der Waals surface area contributed by atoms with Gasteiger partial charge in [0.2, 0.25) is 0 Å². The average molecular weight is 320 g/mol. The zero-order valence-electron chi connectivity index (χ0n) is 14.6. The molecule has 6 saturated carbocycles. The van der Waals surface area contributed by atoms with E-state index >= 15 is 0 Å². The van der Waals surface area contributed by atoms with Gasteiger partial charge in [0.1, 0.15) is 0 Å². The summed E-state index contributed by atoms with van der Waals surface area (Å²) in [5.41, 5.74) is 0.559. The molecule has 6 aliphatic carbocycles. The first-order valence-corrected chi connectivity index (χ1v) is 9.75. The monoisotopic (exact) mass is 320 g/mol. The van der Waals surface area contributed by atoms with E-state index in [1.54, 1.807) is 0 Å². The topological polar surface area (TPSA) is 60.7 Å². The molecular weight excluding hydrogens is 288 g/mol. The summed E-state index contributed by atoms with van der Waals surface area (Å²) in [6.45, 7) is 5.21. The van der Waals surface area contributed by atoms with Crippen molar-refractivity contribution in [3.05, 3.63) is 0 Å². The maximum Gasteiger partial charge on any atom is 0.0585 e. The van der Waals surface area contributed by atoms with Crippen LogP contribution in [-0.2, 0) is 0 Å². The van der Waals surface area contributed by atoms with Gasteiger partial charge in [0.25, 0.3) is 0 Å². The molecule has 0 amide bonds. The molecular formula is C20H32O3. The summed E-state index contributed by atoms with van der Waals surface area (Å²) >= 11 is 0. The fourth-order valence-electron chi connectivity index (χ4n) is 9.16. The van der Waals surface area contributed by atoms with Crippen LogP contribution in [0.25, 0.3) is 0 Å². The average Bonchev–Trinajstić information content (AvgIpc) is 3.01. The van der Waals surface area contributed by atoms with Crippen LogP contribution in [0.3, 0.4) is 0 Å². The van der Waals surface area contributed by atoms with E-state index in [9.17, 15) is 15.3 Å². The van der Waals surface area contributed by atoms with Crippen molar-refractivity contribution in [1.82, 2.24) is 0 Å². The lowest BCUT2D eigenvalue weighted by atomic mass is 9.39. The minimum absolute atomic E-state index is 0.119. The highest BCUT2D eigenvalue weighted by Crippen LogP contribution is 2.85. The maximum atomic E-state index is 11.2. The Morgan fingerprint density at radius 3 is 2.43 bits per heavy atom. The Balaban J connectivity index is 1.57. The summed E-state index contributed by atoms with van der Waals surface area (Å²) in [6.07, 6.45) is 7.75. The third kappa shape index (κ3) is 1.50. The largest absolute Gasteiger partial charge is 0.396 e. The SMILES string of the molecule is C[C@]1(CO)CCC[C@]2(C)[C@@H]1[C@H](O)C[C@@]13C[C@H]4[C@@H](C[C@H]12)[C@@]4(CO)C3. The maximum absolute atomic E-state index is 11.2. The minimum Gasteiger partial charge on any atom is -0.396 e. The molecule has 6 fully saturated rings. The van der Waals surface area contributed by atoms with E-state index in [4.69, 9.17) is 0 Å². The number of aliphatic hydroxyl groups is 3. The predicted octanol–water partition coefficient (Wildman–Crippen LogP) is 2.58. The highest BCUT2D eigenvalue weighted by atomic mass is 16.3. The van der Waals surface area contributed by atoms with Crippen LogP contribution in [0.4, 0.5) is 0 Å². The molecule has 0 aromatic heterocycles. The molecule has 0 radical (unpaired) electrons. The smallest absolute Gasteiger partial charge is 0.0585 e. The van der Waals surface area contributed by atoms with Gasteiger partial charge >= 0.3 is 0 Å². The third-order valence-electron chi connectivity index (χ3n) is 9.77. The quantitative estimate of drug-likeness (QED) is 0.733. The van der Waals surface area contributed by atoms with Crippen LogP contribution in [0.1, 0.15) is 58.8 Å². The van der Waals surface area contributed by atoms with Crippen molar-refractivity contribution in [3.63, 3.8) is 0 Å².